The Morgan fingerprint density at radius 1 is 1.05 bits per heavy atom. The van der Waals surface area contributed by atoms with E-state index in [0.717, 1.165) is 18.1 Å². The van der Waals surface area contributed by atoms with Crippen LogP contribution in [0.2, 0.25) is 5.02 Å². The van der Waals surface area contributed by atoms with E-state index in [-0.39, 0.29) is 0 Å². The van der Waals surface area contributed by atoms with E-state index in [1.54, 1.807) is 0 Å². The first-order valence-corrected chi connectivity index (χ1v) is 7.47. The lowest BCUT2D eigenvalue weighted by Gasteiger charge is -2.07. The summed E-state index contributed by atoms with van der Waals surface area (Å²) in [6.45, 7) is 1.80. The highest BCUT2D eigenvalue weighted by Gasteiger charge is 2.10. The van der Waals surface area contributed by atoms with Gasteiger partial charge in [-0.05, 0) is 43.4 Å². The molecule has 0 bridgehead atoms. The van der Waals surface area contributed by atoms with Crippen LogP contribution in [0.25, 0.3) is 10.9 Å². The lowest BCUT2D eigenvalue weighted by Crippen LogP contribution is -2.10. The van der Waals surface area contributed by atoms with Crippen LogP contribution in [0.5, 0.6) is 0 Å². The van der Waals surface area contributed by atoms with Crippen molar-refractivity contribution in [2.75, 3.05) is 14.1 Å². The zero-order chi connectivity index (χ0) is 14.8. The third-order valence-corrected chi connectivity index (χ3v) is 3.84. The van der Waals surface area contributed by atoms with Crippen LogP contribution in [0.1, 0.15) is 11.1 Å². The molecule has 21 heavy (non-hydrogen) atoms. The van der Waals surface area contributed by atoms with Crippen LogP contribution in [-0.4, -0.2) is 23.6 Å². The maximum Gasteiger partial charge on any atom is 0.0487 e. The van der Waals surface area contributed by atoms with E-state index in [1.165, 1.54) is 22.0 Å². The molecule has 2 aromatic carbocycles. The molecule has 0 spiro atoms. The molecule has 108 valence electrons. The van der Waals surface area contributed by atoms with Crippen LogP contribution in [-0.2, 0) is 13.1 Å². The molecule has 0 saturated carbocycles. The van der Waals surface area contributed by atoms with E-state index in [0.29, 0.717) is 0 Å². The Kier molecular flexibility index (Phi) is 4.00. The summed E-state index contributed by atoms with van der Waals surface area (Å²) < 4.78 is 2.31. The van der Waals surface area contributed by atoms with Gasteiger partial charge in [0.15, 0.2) is 0 Å². The van der Waals surface area contributed by atoms with Gasteiger partial charge in [-0.2, -0.15) is 0 Å². The van der Waals surface area contributed by atoms with E-state index in [9.17, 15) is 0 Å². The molecule has 0 amide bonds. The third kappa shape index (κ3) is 3.12. The van der Waals surface area contributed by atoms with E-state index >= 15 is 0 Å². The highest BCUT2D eigenvalue weighted by atomic mass is 35.5. The maximum absolute atomic E-state index is 6.17. The van der Waals surface area contributed by atoms with Gasteiger partial charge in [-0.1, -0.05) is 41.9 Å². The van der Waals surface area contributed by atoms with E-state index < -0.39 is 0 Å². The number of hydrogen-bond donors (Lipinski definition) is 0. The Labute approximate surface area is 130 Å². The normalized spacial score (nSPS) is 11.4. The van der Waals surface area contributed by atoms with Gasteiger partial charge in [0.05, 0.1) is 0 Å². The van der Waals surface area contributed by atoms with E-state index in [2.05, 4.69) is 72.2 Å². The summed E-state index contributed by atoms with van der Waals surface area (Å²) in [4.78, 5) is 2.18. The SMILES string of the molecule is CN(C)Cc1cn(Cc2ccccc2)c2ccc(Cl)cc12. The van der Waals surface area contributed by atoms with Crippen molar-refractivity contribution in [3.63, 3.8) is 0 Å². The number of nitrogens with zero attached hydrogens (tertiary/aromatic N) is 2. The maximum atomic E-state index is 6.17. The van der Waals surface area contributed by atoms with Gasteiger partial charge in [0.2, 0.25) is 0 Å². The molecule has 0 saturated heterocycles. The summed E-state index contributed by atoms with van der Waals surface area (Å²) in [6, 6.07) is 16.7. The minimum Gasteiger partial charge on any atom is -0.343 e. The van der Waals surface area contributed by atoms with Crippen molar-refractivity contribution in [1.82, 2.24) is 9.47 Å². The molecular formula is C18H19ClN2. The number of rotatable bonds is 4. The molecule has 3 heteroatoms. The molecule has 0 aliphatic heterocycles. The molecule has 1 heterocycles. The highest BCUT2D eigenvalue weighted by Crippen LogP contribution is 2.26. The van der Waals surface area contributed by atoms with Crippen LogP contribution >= 0.6 is 11.6 Å². The smallest absolute Gasteiger partial charge is 0.0487 e. The zero-order valence-corrected chi connectivity index (χ0v) is 13.1. The summed E-state index contributed by atoms with van der Waals surface area (Å²) in [6.07, 6.45) is 2.24. The Morgan fingerprint density at radius 2 is 1.81 bits per heavy atom. The summed E-state index contributed by atoms with van der Waals surface area (Å²) >= 11 is 6.17. The van der Waals surface area contributed by atoms with Gasteiger partial charge < -0.3 is 9.47 Å². The van der Waals surface area contributed by atoms with Gasteiger partial charge in [-0.3, -0.25) is 0 Å². The first-order chi connectivity index (χ1) is 10.1. The van der Waals surface area contributed by atoms with Crippen LogP contribution in [0, 0.1) is 0 Å². The quantitative estimate of drug-likeness (QED) is 0.693. The Morgan fingerprint density at radius 3 is 2.52 bits per heavy atom. The molecular weight excluding hydrogens is 280 g/mol. The van der Waals surface area contributed by atoms with Crippen molar-refractivity contribution < 1.29 is 0 Å². The van der Waals surface area contributed by atoms with Crippen molar-refractivity contribution in [3.8, 4) is 0 Å². The fourth-order valence-electron chi connectivity index (χ4n) is 2.72. The van der Waals surface area contributed by atoms with Crippen LogP contribution in [0.15, 0.2) is 54.7 Å². The molecule has 3 rings (SSSR count). The Bertz CT molecular complexity index is 745. The Hall–Kier alpha value is -1.77. The first-order valence-electron chi connectivity index (χ1n) is 7.09. The molecule has 0 unspecified atom stereocenters. The topological polar surface area (TPSA) is 8.17 Å². The predicted octanol–water partition coefficient (Wildman–Crippen LogP) is 4.40. The average molecular weight is 299 g/mol. The molecule has 0 aliphatic rings. The molecule has 3 aromatic rings. The van der Waals surface area contributed by atoms with Crippen molar-refractivity contribution >= 4 is 22.5 Å². The number of aromatic nitrogens is 1. The lowest BCUT2D eigenvalue weighted by molar-refractivity contribution is 0.403. The number of fused-ring (bicyclic) bond motifs is 1. The molecule has 2 nitrogen and oxygen atoms in total. The Balaban J connectivity index is 2.06. The van der Waals surface area contributed by atoms with Gasteiger partial charge in [0.1, 0.15) is 0 Å². The van der Waals surface area contributed by atoms with Crippen molar-refractivity contribution in [1.29, 1.82) is 0 Å². The molecule has 0 fully saturated rings. The lowest BCUT2D eigenvalue weighted by atomic mass is 10.1. The predicted molar refractivity (Wildman–Crippen MR) is 89.9 cm³/mol. The number of hydrogen-bond acceptors (Lipinski definition) is 1. The minimum atomic E-state index is 0.792. The van der Waals surface area contributed by atoms with Crippen molar-refractivity contribution in [3.05, 3.63) is 70.9 Å². The van der Waals surface area contributed by atoms with Crippen molar-refractivity contribution in [2.24, 2.45) is 0 Å². The van der Waals surface area contributed by atoms with Crippen LogP contribution in [0.4, 0.5) is 0 Å². The molecule has 0 radical (unpaired) electrons. The van der Waals surface area contributed by atoms with Gasteiger partial charge >= 0.3 is 0 Å². The average Bonchev–Trinajstić information content (AvgIpc) is 2.77. The van der Waals surface area contributed by atoms with E-state index in [1.807, 2.05) is 6.07 Å². The number of benzene rings is 2. The third-order valence-electron chi connectivity index (χ3n) is 3.61. The van der Waals surface area contributed by atoms with Crippen molar-refractivity contribution in [2.45, 2.75) is 13.1 Å². The van der Waals surface area contributed by atoms with Gasteiger partial charge in [-0.15, -0.1) is 0 Å². The second kappa shape index (κ2) is 5.92. The molecule has 0 atom stereocenters. The molecule has 0 aliphatic carbocycles. The second-order valence-corrected chi connectivity index (χ2v) is 6.10. The van der Waals surface area contributed by atoms with Crippen LogP contribution < -0.4 is 0 Å². The first kappa shape index (κ1) is 14.2. The van der Waals surface area contributed by atoms with Gasteiger partial charge in [0, 0.05) is 35.2 Å². The van der Waals surface area contributed by atoms with Gasteiger partial charge in [0.25, 0.3) is 0 Å². The van der Waals surface area contributed by atoms with Gasteiger partial charge in [-0.25, -0.2) is 0 Å². The number of halogens is 1. The zero-order valence-electron chi connectivity index (χ0n) is 12.4. The summed E-state index contributed by atoms with van der Waals surface area (Å²) in [7, 11) is 4.18. The monoisotopic (exact) mass is 298 g/mol. The summed E-state index contributed by atoms with van der Waals surface area (Å²) in [5.74, 6) is 0. The fourth-order valence-corrected chi connectivity index (χ4v) is 2.89. The second-order valence-electron chi connectivity index (χ2n) is 5.67. The van der Waals surface area contributed by atoms with E-state index in [4.69, 9.17) is 11.6 Å². The molecule has 0 N–H and O–H groups in total. The minimum absolute atomic E-state index is 0.792. The fraction of sp³-hybridized carbons (Fsp3) is 0.222. The summed E-state index contributed by atoms with van der Waals surface area (Å²) in [5.41, 5.74) is 3.86. The largest absolute Gasteiger partial charge is 0.343 e. The van der Waals surface area contributed by atoms with Crippen LogP contribution in [0.3, 0.4) is 0 Å². The highest BCUT2D eigenvalue weighted by molar-refractivity contribution is 6.31. The molecule has 1 aromatic heterocycles. The standard InChI is InChI=1S/C18H19ClN2/c1-20(2)12-15-13-21(11-14-6-4-3-5-7-14)18-9-8-16(19)10-17(15)18/h3-10,13H,11-12H2,1-2H3. The summed E-state index contributed by atoms with van der Waals surface area (Å²) in [5, 5.41) is 2.03.